The summed E-state index contributed by atoms with van der Waals surface area (Å²) in [6.07, 6.45) is 10.8. The molecule has 0 aliphatic heterocycles. The molecule has 1 atom stereocenters. The average Bonchev–Trinajstić information content (AvgIpc) is 3.36. The molecule has 1 fully saturated rings. The molecule has 2 aromatic carbocycles. The summed E-state index contributed by atoms with van der Waals surface area (Å²) in [5.41, 5.74) is 11.5. The number of halogens is 2. The second kappa shape index (κ2) is 12.5. The molecule has 0 amide bonds. The quantitative estimate of drug-likeness (QED) is 0.367. The summed E-state index contributed by atoms with van der Waals surface area (Å²) in [5.74, 6) is 0.607. The molecule has 0 radical (unpaired) electrons. The maximum Gasteiger partial charge on any atom is -1.00 e. The Balaban J connectivity index is 0.00000231. The van der Waals surface area contributed by atoms with Crippen LogP contribution in [0, 0.1) is 5.92 Å². The van der Waals surface area contributed by atoms with Gasteiger partial charge in [-0.05, 0) is 0 Å². The van der Waals surface area contributed by atoms with E-state index in [0.717, 1.165) is 6.42 Å². The van der Waals surface area contributed by atoms with E-state index in [1.165, 1.54) is 43.2 Å². The number of benzene rings is 2. The Labute approximate surface area is 272 Å². The van der Waals surface area contributed by atoms with Gasteiger partial charge in [-0.15, -0.1) is 0 Å². The average molecular weight is 687 g/mol. The van der Waals surface area contributed by atoms with Crippen LogP contribution < -0.4 is 28.1 Å². The zero-order chi connectivity index (χ0) is 28.5. The maximum atomic E-state index is 2.71. The zero-order valence-electron chi connectivity index (χ0n) is 27.5. The van der Waals surface area contributed by atoms with Gasteiger partial charge >= 0.3 is 250 Å². The zero-order valence-corrected chi connectivity index (χ0v) is 32.5. The molecule has 0 bridgehead atoms. The Bertz CT molecular complexity index is 1410. The van der Waals surface area contributed by atoms with Gasteiger partial charge in [0.1, 0.15) is 0 Å². The molecular weight excluding hydrogens is 635 g/mol. The summed E-state index contributed by atoms with van der Waals surface area (Å²) in [4.78, 5) is 0. The number of rotatable bonds is 3. The van der Waals surface area contributed by atoms with Crippen LogP contribution in [0.4, 0.5) is 0 Å². The fourth-order valence-electron chi connectivity index (χ4n) is 7.56. The van der Waals surface area contributed by atoms with Crippen molar-refractivity contribution in [3.63, 3.8) is 0 Å². The van der Waals surface area contributed by atoms with E-state index in [0.29, 0.717) is 5.92 Å². The third-order valence-electron chi connectivity index (χ3n) is 9.57. The summed E-state index contributed by atoms with van der Waals surface area (Å²) >= 11 is -2.38. The third kappa shape index (κ3) is 6.62. The first-order valence-electron chi connectivity index (χ1n) is 15.6. The van der Waals surface area contributed by atoms with Gasteiger partial charge in [0.15, 0.2) is 0 Å². The Hall–Kier alpha value is -0.530. The van der Waals surface area contributed by atoms with Gasteiger partial charge in [-0.3, -0.25) is 0 Å². The molecule has 0 spiro atoms. The fourth-order valence-corrected chi connectivity index (χ4v) is 20.1. The van der Waals surface area contributed by atoms with E-state index in [4.69, 9.17) is 0 Å². The predicted octanol–water partition coefficient (Wildman–Crippen LogP) is 3.97. The Morgan fingerprint density at radius 2 is 1.41 bits per heavy atom. The Morgan fingerprint density at radius 1 is 0.805 bits per heavy atom. The number of allylic oxidation sites excluding steroid dienone is 4. The summed E-state index contributed by atoms with van der Waals surface area (Å²) in [5, 5.41) is 1.75. The minimum Gasteiger partial charge on any atom is -1.00 e. The number of hydrogen-bond donors (Lipinski definition) is 0. The van der Waals surface area contributed by atoms with Crippen molar-refractivity contribution in [3.05, 3.63) is 72.7 Å². The van der Waals surface area contributed by atoms with Crippen molar-refractivity contribution in [1.29, 1.82) is 0 Å². The van der Waals surface area contributed by atoms with Gasteiger partial charge in [-0.25, -0.2) is 0 Å². The van der Waals surface area contributed by atoms with Crippen LogP contribution in [0.5, 0.6) is 0 Å². The molecule has 4 heteroatoms. The van der Waals surface area contributed by atoms with Gasteiger partial charge in [0.2, 0.25) is 0 Å². The van der Waals surface area contributed by atoms with Crippen LogP contribution in [0.15, 0.2) is 50.5 Å². The molecule has 2 aromatic rings. The predicted molar refractivity (Wildman–Crippen MR) is 173 cm³/mol. The van der Waals surface area contributed by atoms with Crippen LogP contribution >= 0.6 is 0 Å². The van der Waals surface area contributed by atoms with Crippen molar-refractivity contribution < 1.29 is 46.1 Å². The molecule has 3 aliphatic carbocycles. The van der Waals surface area contributed by atoms with E-state index in [2.05, 4.69) is 111 Å². The van der Waals surface area contributed by atoms with Gasteiger partial charge < -0.3 is 24.8 Å². The van der Waals surface area contributed by atoms with E-state index in [1.807, 2.05) is 9.76 Å². The van der Waals surface area contributed by atoms with Gasteiger partial charge in [-0.2, -0.15) is 0 Å². The normalized spacial score (nSPS) is 18.6. The molecule has 0 aromatic heterocycles. The summed E-state index contributed by atoms with van der Waals surface area (Å²) in [7, 11) is -1.39. The van der Waals surface area contributed by atoms with Gasteiger partial charge in [-0.1, -0.05) is 0 Å². The molecule has 1 unspecified atom stereocenters. The van der Waals surface area contributed by atoms with Crippen molar-refractivity contribution in [2.75, 3.05) is 0 Å². The maximum absolute atomic E-state index is 2.71. The number of fused-ring (bicyclic) bond motifs is 3. The Morgan fingerprint density at radius 3 is 1.95 bits per heavy atom. The van der Waals surface area contributed by atoms with E-state index in [1.54, 1.807) is 33.0 Å². The first-order valence-corrected chi connectivity index (χ1v) is 22.7. The van der Waals surface area contributed by atoms with Crippen LogP contribution in [0.2, 0.25) is 19.6 Å². The van der Waals surface area contributed by atoms with Gasteiger partial charge in [0.05, 0.1) is 0 Å². The van der Waals surface area contributed by atoms with Crippen molar-refractivity contribution in [1.82, 2.24) is 0 Å². The van der Waals surface area contributed by atoms with E-state index >= 15 is 0 Å². The van der Waals surface area contributed by atoms with Crippen molar-refractivity contribution in [2.45, 2.75) is 124 Å². The molecule has 41 heavy (non-hydrogen) atoms. The van der Waals surface area contributed by atoms with Crippen LogP contribution in [-0.4, -0.2) is 11.3 Å². The molecule has 222 valence electrons. The Kier molecular flexibility index (Phi) is 10.6. The first kappa shape index (κ1) is 35.0. The SMILES string of the molecule is CC1=[C]([Zr+2](=[C]2CCCCC2)[c]2c(C(C)(C)C)ccc3c2Cc2cc(C(C)(C)C)ccc2-3)C(C)C=C1[Si](C)(C)C.[Cl-].[Cl-]. The topological polar surface area (TPSA) is 0 Å². The van der Waals surface area contributed by atoms with Crippen LogP contribution in [0.25, 0.3) is 11.1 Å². The fraction of sp³-hybridized carbons (Fsp3) is 0.541. The van der Waals surface area contributed by atoms with E-state index in [-0.39, 0.29) is 35.6 Å². The van der Waals surface area contributed by atoms with Gasteiger partial charge in [0.25, 0.3) is 0 Å². The van der Waals surface area contributed by atoms with E-state index < -0.39 is 29.3 Å². The third-order valence-corrected chi connectivity index (χ3v) is 20.7. The monoisotopic (exact) mass is 684 g/mol. The van der Waals surface area contributed by atoms with Crippen LogP contribution in [0.3, 0.4) is 0 Å². The summed E-state index contributed by atoms with van der Waals surface area (Å²) in [6, 6.07) is 12.5. The first-order chi connectivity index (χ1) is 18.1. The molecule has 0 N–H and O–H groups in total. The summed E-state index contributed by atoms with van der Waals surface area (Å²) in [6.45, 7) is 27.2. The van der Waals surface area contributed by atoms with Crippen molar-refractivity contribution in [2.24, 2.45) is 5.92 Å². The molecular formula is C37H52Cl2SiZr. The minimum absolute atomic E-state index is 0. The molecule has 0 saturated heterocycles. The van der Waals surface area contributed by atoms with Gasteiger partial charge in [0, 0.05) is 0 Å². The summed E-state index contributed by atoms with van der Waals surface area (Å²) < 4.78 is 5.82. The number of hydrogen-bond acceptors (Lipinski definition) is 0. The van der Waals surface area contributed by atoms with Crippen LogP contribution in [-0.2, 0) is 38.5 Å². The molecule has 0 heterocycles. The molecule has 5 rings (SSSR count). The van der Waals surface area contributed by atoms with Crippen molar-refractivity contribution >= 4 is 14.6 Å². The molecule has 0 nitrogen and oxygen atoms in total. The largest absolute Gasteiger partial charge is 1.00 e. The second-order valence-corrected chi connectivity index (χ2v) is 26.9. The smallest absolute Gasteiger partial charge is 1.00 e. The molecule has 1 saturated carbocycles. The van der Waals surface area contributed by atoms with Crippen molar-refractivity contribution in [3.8, 4) is 11.1 Å². The van der Waals surface area contributed by atoms with Crippen LogP contribution in [0.1, 0.15) is 110 Å². The second-order valence-electron chi connectivity index (χ2n) is 15.8. The van der Waals surface area contributed by atoms with E-state index in [9.17, 15) is 0 Å². The minimum atomic E-state index is -2.38. The standard InChI is InChI=1S/C21H25.C10H17Si.C6H10.2ClH.Zr/c1-20(2,3)16-7-9-18-14(12-16)11-15-13-17(21(4,5)6)8-10-19(15)18;1-8-6-9(2)10(7-8)11(3,4)5;1-2-4-6-5-3-1;;;/h7-10,12H,11H2,1-6H3;7-8H,1-5H3;1-5H2;2*1H;/q;;;;;+2/p-2. The molecule has 3 aliphatic rings.